The van der Waals surface area contributed by atoms with E-state index < -0.39 is 28.8 Å². The van der Waals surface area contributed by atoms with Crippen LogP contribution in [0.1, 0.15) is 45.1 Å². The molecular weight excluding hydrogens is 516 g/mol. The zero-order chi connectivity index (χ0) is 28.9. The summed E-state index contributed by atoms with van der Waals surface area (Å²) in [5.41, 5.74) is 6.57. The number of fused-ring (bicyclic) bond motifs is 1. The second-order valence-electron chi connectivity index (χ2n) is 11.3. The number of rotatable bonds is 6. The first-order chi connectivity index (χ1) is 18.9. The quantitative estimate of drug-likeness (QED) is 0.371. The van der Waals surface area contributed by atoms with Crippen LogP contribution in [0.3, 0.4) is 0 Å². The molecule has 0 radical (unpaired) electrons. The molecule has 1 amide bonds. The topological polar surface area (TPSA) is 111 Å². The van der Waals surface area contributed by atoms with Gasteiger partial charge in [0.05, 0.1) is 22.4 Å². The number of hydrogen-bond donors (Lipinski definition) is 2. The number of amides is 1. The molecule has 11 heteroatoms. The average molecular weight is 550 g/mol. The predicted molar refractivity (Wildman–Crippen MR) is 151 cm³/mol. The zero-order valence-electron chi connectivity index (χ0n) is 23.2. The van der Waals surface area contributed by atoms with Gasteiger partial charge in [-0.15, -0.1) is 0 Å². The number of carbonyl (C=O) groups is 1. The molecule has 1 aliphatic heterocycles. The van der Waals surface area contributed by atoms with Gasteiger partial charge in [-0.3, -0.25) is 14.3 Å². The fourth-order valence-corrected chi connectivity index (χ4v) is 4.83. The van der Waals surface area contributed by atoms with Gasteiger partial charge < -0.3 is 16.0 Å². The molecular formula is C29H33F2N7O2. The number of hydrogen-bond acceptors (Lipinski definition) is 6. The summed E-state index contributed by atoms with van der Waals surface area (Å²) in [5.74, 6) is -2.04. The predicted octanol–water partition coefficient (Wildman–Crippen LogP) is 4.29. The van der Waals surface area contributed by atoms with E-state index in [0.29, 0.717) is 29.4 Å². The highest BCUT2D eigenvalue weighted by Gasteiger charge is 2.32. The van der Waals surface area contributed by atoms with Gasteiger partial charge in [0.25, 0.3) is 11.5 Å². The summed E-state index contributed by atoms with van der Waals surface area (Å²) >= 11 is 0. The van der Waals surface area contributed by atoms with E-state index in [4.69, 9.17) is 10.8 Å². The van der Waals surface area contributed by atoms with Crippen molar-refractivity contribution in [3.63, 3.8) is 0 Å². The first-order valence-corrected chi connectivity index (χ1v) is 13.3. The fourth-order valence-electron chi connectivity index (χ4n) is 4.83. The van der Waals surface area contributed by atoms with Gasteiger partial charge in [-0.1, -0.05) is 26.8 Å². The third-order valence-electron chi connectivity index (χ3n) is 8.08. The molecule has 4 aromatic rings. The minimum absolute atomic E-state index is 0.0400. The van der Waals surface area contributed by atoms with E-state index in [1.807, 2.05) is 16.9 Å². The van der Waals surface area contributed by atoms with Gasteiger partial charge in [0.1, 0.15) is 11.4 Å². The molecule has 210 valence electrons. The summed E-state index contributed by atoms with van der Waals surface area (Å²) in [5, 5.41) is 12.6. The summed E-state index contributed by atoms with van der Waals surface area (Å²) < 4.78 is 31.3. The van der Waals surface area contributed by atoms with Gasteiger partial charge in [-0.25, -0.2) is 8.78 Å². The largest absolute Gasteiger partial charge is 0.367 e. The molecule has 0 bridgehead atoms. The third kappa shape index (κ3) is 4.74. The van der Waals surface area contributed by atoms with Crippen LogP contribution in [-0.2, 0) is 5.54 Å². The van der Waals surface area contributed by atoms with E-state index in [-0.39, 0.29) is 23.2 Å². The molecule has 1 saturated heterocycles. The van der Waals surface area contributed by atoms with Crippen LogP contribution < -0.4 is 21.5 Å². The molecule has 2 atom stereocenters. The van der Waals surface area contributed by atoms with Crippen LogP contribution in [0, 0.1) is 23.5 Å². The Balaban J connectivity index is 1.58. The normalized spacial score (nSPS) is 17.7. The Morgan fingerprint density at radius 2 is 1.75 bits per heavy atom. The summed E-state index contributed by atoms with van der Waals surface area (Å²) in [6.45, 7) is 11.9. The molecule has 40 heavy (non-hydrogen) atoms. The Hall–Kier alpha value is -4.12. The molecule has 0 spiro atoms. The lowest BCUT2D eigenvalue weighted by Crippen LogP contribution is -2.32. The maximum atomic E-state index is 14.4. The SMILES string of the molecule is CC(C)C(C)(C)n1cc2c(N3C[C@@H](C)[C@@H](N)C3)c(NC(=O)c3ccc(=O)n(-c4c(F)cccc4F)n3)ccc2n1. The summed E-state index contributed by atoms with van der Waals surface area (Å²) in [6.07, 6.45) is 1.99. The lowest BCUT2D eigenvalue weighted by Gasteiger charge is -2.29. The van der Waals surface area contributed by atoms with Crippen LogP contribution in [0.15, 0.2) is 53.5 Å². The number of nitrogens with one attached hydrogen (secondary N) is 1. The van der Waals surface area contributed by atoms with Gasteiger partial charge >= 0.3 is 0 Å². The van der Waals surface area contributed by atoms with E-state index >= 15 is 0 Å². The molecule has 0 unspecified atom stereocenters. The Bertz CT molecular complexity index is 1630. The standard InChI is InChI=1S/C29H33F2N7O2/c1-16(2)29(4,5)37-14-18-22(34-37)9-10-23(26(18)36-13-17(3)21(32)15-36)33-28(40)24-11-12-25(39)38(35-24)27-19(30)7-6-8-20(27)31/h6-12,14,16-17,21H,13,15,32H2,1-5H3,(H,33,40)/t17-,21+/m1/s1. The van der Waals surface area contributed by atoms with E-state index in [1.165, 1.54) is 12.1 Å². The first kappa shape index (κ1) is 27.4. The Labute approximate surface area is 230 Å². The number of nitrogens with two attached hydrogens (primary N) is 1. The van der Waals surface area contributed by atoms with Gasteiger partial charge in [0.15, 0.2) is 11.6 Å². The molecule has 2 aromatic heterocycles. The van der Waals surface area contributed by atoms with Crippen LogP contribution in [0.5, 0.6) is 0 Å². The van der Waals surface area contributed by atoms with Crippen molar-refractivity contribution >= 4 is 28.2 Å². The highest BCUT2D eigenvalue weighted by atomic mass is 19.1. The summed E-state index contributed by atoms with van der Waals surface area (Å²) in [6, 6.07) is 9.07. The van der Waals surface area contributed by atoms with Crippen molar-refractivity contribution in [2.75, 3.05) is 23.3 Å². The van der Waals surface area contributed by atoms with Gasteiger partial charge in [-0.05, 0) is 56.0 Å². The van der Waals surface area contributed by atoms with Crippen molar-refractivity contribution in [1.82, 2.24) is 19.6 Å². The number of benzene rings is 2. The first-order valence-electron chi connectivity index (χ1n) is 13.3. The number of nitrogens with zero attached hydrogens (tertiary/aromatic N) is 5. The second kappa shape index (κ2) is 10.1. The highest BCUT2D eigenvalue weighted by molar-refractivity contribution is 6.08. The van der Waals surface area contributed by atoms with Crippen LogP contribution in [-0.4, -0.2) is 44.6 Å². The molecule has 9 nitrogen and oxygen atoms in total. The van der Waals surface area contributed by atoms with Crippen molar-refractivity contribution in [3.05, 3.63) is 76.3 Å². The van der Waals surface area contributed by atoms with E-state index in [0.717, 1.165) is 34.8 Å². The van der Waals surface area contributed by atoms with Crippen molar-refractivity contribution in [3.8, 4) is 5.69 Å². The molecule has 3 N–H and O–H groups in total. The van der Waals surface area contributed by atoms with Crippen LogP contribution >= 0.6 is 0 Å². The highest BCUT2D eigenvalue weighted by Crippen LogP contribution is 2.39. The van der Waals surface area contributed by atoms with Crippen LogP contribution in [0.4, 0.5) is 20.2 Å². The summed E-state index contributed by atoms with van der Waals surface area (Å²) in [7, 11) is 0. The Kier molecular flexibility index (Phi) is 6.95. The van der Waals surface area contributed by atoms with Crippen molar-refractivity contribution in [2.45, 2.75) is 46.2 Å². The van der Waals surface area contributed by atoms with Crippen LogP contribution in [0.25, 0.3) is 16.6 Å². The summed E-state index contributed by atoms with van der Waals surface area (Å²) in [4.78, 5) is 28.0. The van der Waals surface area contributed by atoms with E-state index in [2.05, 4.69) is 49.9 Å². The van der Waals surface area contributed by atoms with Crippen molar-refractivity contribution in [1.29, 1.82) is 0 Å². The van der Waals surface area contributed by atoms with Crippen LogP contribution in [0.2, 0.25) is 0 Å². The number of para-hydroxylation sites is 1. The smallest absolute Gasteiger partial charge is 0.276 e. The molecule has 2 aromatic carbocycles. The molecule has 1 aliphatic rings. The lowest BCUT2D eigenvalue weighted by atomic mass is 9.91. The van der Waals surface area contributed by atoms with Crippen molar-refractivity contribution < 1.29 is 13.6 Å². The average Bonchev–Trinajstić information content (AvgIpc) is 3.48. The van der Waals surface area contributed by atoms with Gasteiger partial charge in [0.2, 0.25) is 0 Å². The molecule has 5 rings (SSSR count). The number of carbonyl (C=O) groups excluding carboxylic acids is 1. The number of halogens is 2. The fraction of sp³-hybridized carbons (Fsp3) is 0.379. The number of aromatic nitrogens is 4. The molecule has 1 fully saturated rings. The van der Waals surface area contributed by atoms with Gasteiger partial charge in [0, 0.05) is 36.8 Å². The van der Waals surface area contributed by atoms with Crippen molar-refractivity contribution in [2.24, 2.45) is 17.6 Å². The lowest BCUT2D eigenvalue weighted by molar-refractivity contribution is 0.102. The molecule has 0 aliphatic carbocycles. The van der Waals surface area contributed by atoms with Gasteiger partial charge in [-0.2, -0.15) is 14.9 Å². The third-order valence-corrected chi connectivity index (χ3v) is 8.08. The zero-order valence-corrected chi connectivity index (χ0v) is 23.2. The monoisotopic (exact) mass is 549 g/mol. The number of anilines is 2. The Morgan fingerprint density at radius 1 is 1.05 bits per heavy atom. The maximum absolute atomic E-state index is 14.4. The minimum Gasteiger partial charge on any atom is -0.367 e. The van der Waals surface area contributed by atoms with E-state index in [9.17, 15) is 18.4 Å². The molecule has 0 saturated carbocycles. The van der Waals surface area contributed by atoms with E-state index in [1.54, 1.807) is 6.07 Å². The maximum Gasteiger partial charge on any atom is 0.276 e. The Morgan fingerprint density at radius 3 is 2.38 bits per heavy atom. The minimum atomic E-state index is -0.972. The second-order valence-corrected chi connectivity index (χ2v) is 11.3. The molecule has 3 heterocycles.